The van der Waals surface area contributed by atoms with E-state index in [0.29, 0.717) is 25.1 Å². The maximum Gasteiger partial charge on any atom is 0.411 e. The molecule has 0 saturated carbocycles. The highest BCUT2D eigenvalue weighted by atomic mass is 35.5. The van der Waals surface area contributed by atoms with Gasteiger partial charge in [0.05, 0.1) is 11.6 Å². The lowest BCUT2D eigenvalue weighted by Crippen LogP contribution is -2.41. The van der Waals surface area contributed by atoms with E-state index >= 15 is 0 Å². The molecule has 1 aromatic carbocycles. The molecule has 4 nitrogen and oxygen atoms in total. The Bertz CT molecular complexity index is 605. The fourth-order valence-corrected chi connectivity index (χ4v) is 2.79. The van der Waals surface area contributed by atoms with E-state index in [1.165, 1.54) is 0 Å². The largest absolute Gasteiger partial charge is 0.430 e. The average Bonchev–Trinajstić information content (AvgIpc) is 2.50. The van der Waals surface area contributed by atoms with Crippen molar-refractivity contribution in [3.8, 4) is 6.07 Å². The number of carbonyl (C=O) groups is 1. The van der Waals surface area contributed by atoms with Crippen LogP contribution in [0.25, 0.3) is 5.57 Å². The second kappa shape index (κ2) is 7.33. The van der Waals surface area contributed by atoms with Crippen molar-refractivity contribution < 1.29 is 9.53 Å². The summed E-state index contributed by atoms with van der Waals surface area (Å²) >= 11 is 5.69. The van der Waals surface area contributed by atoms with Crippen LogP contribution >= 0.6 is 11.6 Å². The Labute approximate surface area is 135 Å². The van der Waals surface area contributed by atoms with E-state index in [1.54, 1.807) is 11.8 Å². The van der Waals surface area contributed by atoms with E-state index in [-0.39, 0.29) is 5.92 Å². The number of ether oxygens (including phenoxy) is 1. The number of alkyl halides is 1. The van der Waals surface area contributed by atoms with E-state index in [9.17, 15) is 10.1 Å². The van der Waals surface area contributed by atoms with Gasteiger partial charge in [-0.1, -0.05) is 48.9 Å². The number of amides is 1. The molecule has 0 aliphatic carbocycles. The van der Waals surface area contributed by atoms with Crippen LogP contribution < -0.4 is 0 Å². The summed E-state index contributed by atoms with van der Waals surface area (Å²) < 4.78 is 5.02. The third kappa shape index (κ3) is 3.80. The fourth-order valence-electron chi connectivity index (χ4n) is 2.71. The maximum absolute atomic E-state index is 11.9. The van der Waals surface area contributed by atoms with Crippen molar-refractivity contribution in [1.29, 1.82) is 5.26 Å². The number of carbonyl (C=O) groups excluding carboxylic acids is 1. The number of hydrogen-bond donors (Lipinski definition) is 0. The molecule has 116 valence electrons. The van der Waals surface area contributed by atoms with Crippen molar-refractivity contribution in [3.63, 3.8) is 0 Å². The zero-order chi connectivity index (χ0) is 16.1. The Balaban J connectivity index is 2.18. The molecule has 0 aromatic heterocycles. The maximum atomic E-state index is 11.9. The van der Waals surface area contributed by atoms with Gasteiger partial charge in [0.1, 0.15) is 0 Å². The number of benzene rings is 1. The monoisotopic (exact) mass is 318 g/mol. The van der Waals surface area contributed by atoms with Crippen LogP contribution in [-0.2, 0) is 4.74 Å². The van der Waals surface area contributed by atoms with E-state index in [2.05, 4.69) is 6.07 Å². The summed E-state index contributed by atoms with van der Waals surface area (Å²) in [4.78, 5) is 13.6. The third-order valence-corrected chi connectivity index (χ3v) is 3.85. The second-order valence-corrected chi connectivity index (χ2v) is 6.02. The lowest BCUT2D eigenvalue weighted by molar-refractivity contribution is 0.0877. The molecule has 0 radical (unpaired) electrons. The average molecular weight is 319 g/mol. The van der Waals surface area contributed by atoms with Gasteiger partial charge in [0, 0.05) is 13.1 Å². The smallest absolute Gasteiger partial charge is 0.411 e. The first-order valence-electron chi connectivity index (χ1n) is 7.31. The van der Waals surface area contributed by atoms with Crippen molar-refractivity contribution >= 4 is 23.3 Å². The van der Waals surface area contributed by atoms with Gasteiger partial charge in [-0.15, -0.1) is 0 Å². The molecule has 2 atom stereocenters. The van der Waals surface area contributed by atoms with Crippen LogP contribution in [-0.4, -0.2) is 29.6 Å². The van der Waals surface area contributed by atoms with Crippen molar-refractivity contribution in [1.82, 2.24) is 4.90 Å². The van der Waals surface area contributed by atoms with Crippen molar-refractivity contribution in [3.05, 3.63) is 41.5 Å². The van der Waals surface area contributed by atoms with Crippen molar-refractivity contribution in [2.75, 3.05) is 13.1 Å². The highest BCUT2D eigenvalue weighted by Gasteiger charge is 2.28. The van der Waals surface area contributed by atoms with Gasteiger partial charge in [-0.2, -0.15) is 5.26 Å². The molecular weight excluding hydrogens is 300 g/mol. The van der Waals surface area contributed by atoms with Gasteiger partial charge in [0.25, 0.3) is 0 Å². The van der Waals surface area contributed by atoms with Crippen LogP contribution in [0, 0.1) is 17.2 Å². The summed E-state index contributed by atoms with van der Waals surface area (Å²) in [5.41, 5.74) is 2.10. The molecule has 1 aliphatic heterocycles. The molecule has 5 heteroatoms. The minimum atomic E-state index is -0.640. The SMILES string of the molecule is CC(Cl)OC(=O)N1CCC(=C(C#N)c2ccccc2)C(C)C1. The predicted molar refractivity (Wildman–Crippen MR) is 86.1 cm³/mol. The van der Waals surface area contributed by atoms with E-state index < -0.39 is 11.7 Å². The number of hydrogen-bond acceptors (Lipinski definition) is 3. The quantitative estimate of drug-likeness (QED) is 0.611. The molecule has 1 fully saturated rings. The molecule has 2 rings (SSSR count). The molecule has 1 heterocycles. The predicted octanol–water partition coefficient (Wildman–Crippen LogP) is 4.03. The van der Waals surface area contributed by atoms with Gasteiger partial charge in [-0.3, -0.25) is 0 Å². The summed E-state index contributed by atoms with van der Waals surface area (Å²) in [5.74, 6) is 0.113. The zero-order valence-electron chi connectivity index (χ0n) is 12.8. The first-order chi connectivity index (χ1) is 10.5. The van der Waals surface area contributed by atoms with Crippen molar-refractivity contribution in [2.24, 2.45) is 5.92 Å². The highest BCUT2D eigenvalue weighted by Crippen LogP contribution is 2.30. The summed E-state index contributed by atoms with van der Waals surface area (Å²) in [6.45, 7) is 4.72. The molecule has 1 aromatic rings. The van der Waals surface area contributed by atoms with Gasteiger partial charge < -0.3 is 9.64 Å². The van der Waals surface area contributed by atoms with Crippen LogP contribution in [0.15, 0.2) is 35.9 Å². The number of halogens is 1. The normalized spacial score (nSPS) is 21.7. The zero-order valence-corrected chi connectivity index (χ0v) is 13.5. The highest BCUT2D eigenvalue weighted by molar-refractivity contribution is 6.19. The molecule has 1 saturated heterocycles. The van der Waals surface area contributed by atoms with Gasteiger partial charge >= 0.3 is 6.09 Å². The number of piperidine rings is 1. The Morgan fingerprint density at radius 3 is 2.68 bits per heavy atom. The summed E-state index contributed by atoms with van der Waals surface area (Å²) in [7, 11) is 0. The number of nitriles is 1. The topological polar surface area (TPSA) is 53.3 Å². The Morgan fingerprint density at radius 2 is 2.14 bits per heavy atom. The minimum absolute atomic E-state index is 0.113. The third-order valence-electron chi connectivity index (χ3n) is 3.76. The van der Waals surface area contributed by atoms with Crippen LogP contribution in [0.3, 0.4) is 0 Å². The Morgan fingerprint density at radius 1 is 1.45 bits per heavy atom. The lowest BCUT2D eigenvalue weighted by Gasteiger charge is -2.33. The van der Waals surface area contributed by atoms with Crippen LogP contribution in [0.2, 0.25) is 0 Å². The van der Waals surface area contributed by atoms with E-state index in [4.69, 9.17) is 16.3 Å². The van der Waals surface area contributed by atoms with Crippen LogP contribution in [0.1, 0.15) is 25.8 Å². The lowest BCUT2D eigenvalue weighted by atomic mass is 9.87. The Kier molecular flexibility index (Phi) is 5.46. The van der Waals surface area contributed by atoms with Crippen molar-refractivity contribution in [2.45, 2.75) is 25.8 Å². The fraction of sp³-hybridized carbons (Fsp3) is 0.412. The Hall–Kier alpha value is -1.99. The minimum Gasteiger partial charge on any atom is -0.430 e. The van der Waals surface area contributed by atoms with E-state index in [0.717, 1.165) is 11.1 Å². The van der Waals surface area contributed by atoms with Gasteiger partial charge in [-0.25, -0.2) is 4.79 Å². The summed E-state index contributed by atoms with van der Waals surface area (Å²) in [6.07, 6.45) is 0.275. The molecule has 22 heavy (non-hydrogen) atoms. The molecule has 0 spiro atoms. The summed E-state index contributed by atoms with van der Waals surface area (Å²) in [6, 6.07) is 12.0. The summed E-state index contributed by atoms with van der Waals surface area (Å²) in [5, 5.41) is 9.51. The number of rotatable bonds is 2. The number of nitrogens with zero attached hydrogens (tertiary/aromatic N) is 2. The van der Waals surface area contributed by atoms with Gasteiger partial charge in [0.15, 0.2) is 5.56 Å². The number of allylic oxidation sites excluding steroid dienone is 1. The molecule has 2 unspecified atom stereocenters. The first kappa shape index (κ1) is 16.4. The second-order valence-electron chi connectivity index (χ2n) is 5.40. The molecular formula is C17H19ClN2O2. The van der Waals surface area contributed by atoms with Crippen LogP contribution in [0.5, 0.6) is 0 Å². The first-order valence-corrected chi connectivity index (χ1v) is 7.74. The molecule has 1 aliphatic rings. The van der Waals surface area contributed by atoms with E-state index in [1.807, 2.05) is 37.3 Å². The number of likely N-dealkylation sites (tertiary alicyclic amines) is 1. The van der Waals surface area contributed by atoms with Gasteiger partial charge in [0.2, 0.25) is 0 Å². The standard InChI is InChI=1S/C17H19ClN2O2/c1-12-11-20(17(21)22-13(2)18)9-8-15(12)16(10-19)14-6-4-3-5-7-14/h3-7,12-13H,8-9,11H2,1-2H3. The molecule has 0 N–H and O–H groups in total. The van der Waals surface area contributed by atoms with Gasteiger partial charge in [-0.05, 0) is 30.4 Å². The molecule has 0 bridgehead atoms. The molecule has 1 amide bonds. The van der Waals surface area contributed by atoms with Crippen LogP contribution in [0.4, 0.5) is 4.79 Å².